The molecule has 0 aromatic rings. The van der Waals surface area contributed by atoms with Gasteiger partial charge in [0, 0.05) is 0 Å². The Kier molecular flexibility index (Phi) is 6.96. The maximum absolute atomic E-state index is 2.75. The highest BCUT2D eigenvalue weighted by molar-refractivity contribution is 7.60. The second-order valence-electron chi connectivity index (χ2n) is 10.8. The van der Waals surface area contributed by atoms with Crippen molar-refractivity contribution in [2.24, 2.45) is 17.8 Å². The molecule has 0 aromatic carbocycles. The summed E-state index contributed by atoms with van der Waals surface area (Å²) >= 11 is 0. The van der Waals surface area contributed by atoms with Crippen LogP contribution in [0.1, 0.15) is 118 Å². The fourth-order valence-electron chi connectivity index (χ4n) is 7.15. The van der Waals surface area contributed by atoms with E-state index >= 15 is 0 Å². The smallest absolute Gasteiger partial charge is 0.0113 e. The molecule has 3 saturated carbocycles. The lowest BCUT2D eigenvalue weighted by atomic mass is 9.68. The van der Waals surface area contributed by atoms with Gasteiger partial charge in [0.25, 0.3) is 0 Å². The largest absolute Gasteiger partial charge is 0.0948 e. The summed E-state index contributed by atoms with van der Waals surface area (Å²) in [6, 6.07) is 0. The van der Waals surface area contributed by atoms with Crippen LogP contribution in [0.5, 0.6) is 0 Å². The summed E-state index contributed by atoms with van der Waals surface area (Å²) in [6.07, 6.45) is 22.9. The van der Waals surface area contributed by atoms with Crippen molar-refractivity contribution in [3.63, 3.8) is 0 Å². The zero-order chi connectivity index (χ0) is 17.9. The normalized spacial score (nSPS) is 35.5. The number of hydrogen-bond donors (Lipinski definition) is 0. The minimum absolute atomic E-state index is 0.140. The molecular weight excluding hydrogens is 319 g/mol. The van der Waals surface area contributed by atoms with Gasteiger partial charge in [-0.25, -0.2) is 0 Å². The molecule has 25 heavy (non-hydrogen) atoms. The molecule has 0 saturated heterocycles. The van der Waals surface area contributed by atoms with Crippen molar-refractivity contribution in [3.8, 4) is 0 Å². The fraction of sp³-hybridized carbons (Fsp3) is 1.00. The summed E-state index contributed by atoms with van der Waals surface area (Å²) in [5.74, 6) is 3.20. The van der Waals surface area contributed by atoms with Gasteiger partial charge >= 0.3 is 0 Å². The van der Waals surface area contributed by atoms with Crippen LogP contribution in [0.4, 0.5) is 0 Å². The number of rotatable bonds is 7. The summed E-state index contributed by atoms with van der Waals surface area (Å²) < 4.78 is 0. The molecule has 0 N–H and O–H groups in total. The first kappa shape index (κ1) is 20.2. The molecule has 3 aliphatic rings. The van der Waals surface area contributed by atoms with Crippen LogP contribution in [0.15, 0.2) is 0 Å². The lowest BCUT2D eigenvalue weighted by Crippen LogP contribution is -2.42. The Morgan fingerprint density at radius 2 is 1.56 bits per heavy atom. The average Bonchev–Trinajstić information content (AvgIpc) is 2.54. The van der Waals surface area contributed by atoms with E-state index in [4.69, 9.17) is 0 Å². The van der Waals surface area contributed by atoms with Crippen LogP contribution in [0.25, 0.3) is 0 Å². The third-order valence-electron chi connectivity index (χ3n) is 7.98. The molecule has 3 rings (SSSR count). The van der Waals surface area contributed by atoms with Crippen LogP contribution in [-0.4, -0.2) is 16.5 Å². The van der Waals surface area contributed by atoms with E-state index in [1.807, 2.05) is 0 Å². The number of hydrogen-bond acceptors (Lipinski definition) is 0. The predicted molar refractivity (Wildman–Crippen MR) is 115 cm³/mol. The highest BCUT2D eigenvalue weighted by atomic mass is 31.1. The van der Waals surface area contributed by atoms with E-state index in [1.165, 1.54) is 57.8 Å². The van der Waals surface area contributed by atoms with Crippen molar-refractivity contribution in [3.05, 3.63) is 0 Å². The van der Waals surface area contributed by atoms with Gasteiger partial charge in [0.2, 0.25) is 0 Å². The van der Waals surface area contributed by atoms with E-state index < -0.39 is 0 Å². The minimum atomic E-state index is 0.140. The molecule has 0 aromatic heterocycles. The van der Waals surface area contributed by atoms with Crippen LogP contribution in [-0.2, 0) is 0 Å². The van der Waals surface area contributed by atoms with Crippen molar-refractivity contribution in [1.82, 2.24) is 0 Å². The molecule has 0 nitrogen and oxygen atoms in total. The topological polar surface area (TPSA) is 0 Å². The summed E-state index contributed by atoms with van der Waals surface area (Å²) in [5.41, 5.74) is 0. The molecule has 3 aliphatic carbocycles. The van der Waals surface area contributed by atoms with Crippen molar-refractivity contribution < 1.29 is 0 Å². The molecule has 1 unspecified atom stereocenters. The lowest BCUT2D eigenvalue weighted by molar-refractivity contribution is 0.158. The summed E-state index contributed by atoms with van der Waals surface area (Å²) in [4.78, 5) is 0. The fourth-order valence-corrected chi connectivity index (χ4v) is 11.8. The molecule has 0 radical (unpaired) electrons. The van der Waals surface area contributed by atoms with E-state index in [2.05, 4.69) is 27.7 Å². The SMILES string of the molecule is CCCCP(C(C)(C)CC1CCCCC1)[C@@]1(C)C[C@@H]2CCC[C@@H](C2)C1. The molecule has 0 amide bonds. The van der Waals surface area contributed by atoms with Gasteiger partial charge in [-0.2, -0.15) is 0 Å². The third kappa shape index (κ3) is 5.03. The van der Waals surface area contributed by atoms with Crippen molar-refractivity contribution in [2.75, 3.05) is 6.16 Å². The maximum Gasteiger partial charge on any atom is -0.0113 e. The second-order valence-corrected chi connectivity index (χ2v) is 14.4. The quantitative estimate of drug-likeness (QED) is 0.398. The van der Waals surface area contributed by atoms with E-state index in [-0.39, 0.29) is 7.92 Å². The first-order valence-corrected chi connectivity index (χ1v) is 13.2. The molecule has 0 heterocycles. The van der Waals surface area contributed by atoms with E-state index in [0.29, 0.717) is 10.3 Å². The van der Waals surface area contributed by atoms with Gasteiger partial charge in [-0.15, -0.1) is 0 Å². The van der Waals surface area contributed by atoms with Crippen molar-refractivity contribution in [1.29, 1.82) is 0 Å². The van der Waals surface area contributed by atoms with Gasteiger partial charge in [0.05, 0.1) is 0 Å². The molecular formula is C24H45P. The molecule has 0 aliphatic heterocycles. The Morgan fingerprint density at radius 1 is 0.920 bits per heavy atom. The van der Waals surface area contributed by atoms with Gasteiger partial charge in [-0.1, -0.05) is 93.4 Å². The van der Waals surface area contributed by atoms with Crippen molar-refractivity contribution >= 4 is 7.92 Å². The van der Waals surface area contributed by atoms with Gasteiger partial charge in [0.1, 0.15) is 0 Å². The average molecular weight is 365 g/mol. The third-order valence-corrected chi connectivity index (χ3v) is 12.1. The Labute approximate surface area is 160 Å². The second kappa shape index (κ2) is 8.63. The zero-order valence-corrected chi connectivity index (χ0v) is 18.7. The maximum atomic E-state index is 2.75. The molecule has 4 atom stereocenters. The zero-order valence-electron chi connectivity index (χ0n) is 17.8. The number of unbranched alkanes of at least 4 members (excludes halogenated alkanes) is 1. The Bertz CT molecular complexity index is 394. The highest BCUT2D eigenvalue weighted by Crippen LogP contribution is 2.68. The minimum Gasteiger partial charge on any atom is -0.0948 e. The van der Waals surface area contributed by atoms with E-state index in [9.17, 15) is 0 Å². The van der Waals surface area contributed by atoms with Gasteiger partial charge in [0.15, 0.2) is 0 Å². The van der Waals surface area contributed by atoms with Crippen LogP contribution in [0.2, 0.25) is 0 Å². The summed E-state index contributed by atoms with van der Waals surface area (Å²) in [5, 5.41) is 1.30. The standard InChI is InChI=1S/C24H45P/c1-5-6-15-25(23(2,3)17-20-11-8-7-9-12-20)24(4)18-21-13-10-14-22(16-21)19-24/h20-22H,5-19H2,1-4H3/t21-,22+,24+,25?. The van der Waals surface area contributed by atoms with Crippen LogP contribution >= 0.6 is 7.92 Å². The van der Waals surface area contributed by atoms with Gasteiger partial charge in [-0.3, -0.25) is 0 Å². The number of fused-ring (bicyclic) bond motifs is 2. The van der Waals surface area contributed by atoms with Crippen LogP contribution in [0.3, 0.4) is 0 Å². The summed E-state index contributed by atoms with van der Waals surface area (Å²) in [7, 11) is 0.140. The molecule has 0 spiro atoms. The first-order chi connectivity index (χ1) is 11.9. The van der Waals surface area contributed by atoms with E-state index in [1.54, 1.807) is 38.3 Å². The lowest BCUT2D eigenvalue weighted by Gasteiger charge is -2.55. The Balaban J connectivity index is 1.74. The molecule has 2 bridgehead atoms. The molecule has 3 fully saturated rings. The van der Waals surface area contributed by atoms with Crippen LogP contribution < -0.4 is 0 Å². The van der Waals surface area contributed by atoms with Crippen LogP contribution in [0, 0.1) is 17.8 Å². The molecule has 1 heteroatoms. The van der Waals surface area contributed by atoms with Gasteiger partial charge in [-0.05, 0) is 66.3 Å². The molecule has 146 valence electrons. The van der Waals surface area contributed by atoms with E-state index in [0.717, 1.165) is 17.8 Å². The highest BCUT2D eigenvalue weighted by Gasteiger charge is 2.48. The monoisotopic (exact) mass is 364 g/mol. The van der Waals surface area contributed by atoms with Crippen molar-refractivity contribution in [2.45, 2.75) is 128 Å². The Morgan fingerprint density at radius 3 is 2.16 bits per heavy atom. The predicted octanol–water partition coefficient (Wildman–Crippen LogP) is 8.38. The first-order valence-electron chi connectivity index (χ1n) is 11.7. The Hall–Kier alpha value is 0.430. The summed E-state index contributed by atoms with van der Waals surface area (Å²) in [6.45, 7) is 10.5. The van der Waals surface area contributed by atoms with Gasteiger partial charge < -0.3 is 0 Å².